The van der Waals surface area contributed by atoms with E-state index in [4.69, 9.17) is 0 Å². The normalized spacial score (nSPS) is 11.1. The summed E-state index contributed by atoms with van der Waals surface area (Å²) in [6, 6.07) is 13.9. The van der Waals surface area contributed by atoms with Gasteiger partial charge in [-0.05, 0) is 41.5 Å². The quantitative estimate of drug-likeness (QED) is 0.664. The summed E-state index contributed by atoms with van der Waals surface area (Å²) in [4.78, 5) is 12.1. The predicted octanol–water partition coefficient (Wildman–Crippen LogP) is 4.15. The Morgan fingerprint density at radius 2 is 1.75 bits per heavy atom. The number of urea groups is 1. The Morgan fingerprint density at radius 1 is 1.04 bits per heavy atom. The summed E-state index contributed by atoms with van der Waals surface area (Å²) < 4.78 is 42.0. The summed E-state index contributed by atoms with van der Waals surface area (Å²) >= 11 is 0. The number of carbonyl (C=O) groups excluding carboxylic acids is 1. The monoisotopic (exact) mass is 390 g/mol. The fourth-order valence-corrected chi connectivity index (χ4v) is 2.54. The molecule has 2 aromatic carbocycles. The Morgan fingerprint density at radius 3 is 2.39 bits per heavy atom. The Bertz CT molecular complexity index is 910. The largest absolute Gasteiger partial charge is 0.573 e. The molecule has 0 aliphatic rings. The highest BCUT2D eigenvalue weighted by Gasteiger charge is 2.30. The smallest absolute Gasteiger partial charge is 0.406 e. The van der Waals surface area contributed by atoms with E-state index in [-0.39, 0.29) is 5.75 Å². The number of hydrogen-bond acceptors (Lipinski definition) is 3. The van der Waals surface area contributed by atoms with Crippen molar-refractivity contribution in [2.75, 3.05) is 5.32 Å². The first-order valence-corrected chi connectivity index (χ1v) is 8.34. The molecule has 0 saturated carbocycles. The van der Waals surface area contributed by atoms with E-state index < -0.39 is 12.4 Å². The van der Waals surface area contributed by atoms with Gasteiger partial charge in [-0.2, -0.15) is 5.10 Å². The number of hydrogen-bond donors (Lipinski definition) is 2. The maximum atomic E-state index is 12.2. The molecule has 0 aliphatic heterocycles. The lowest BCUT2D eigenvalue weighted by atomic mass is 10.1. The molecule has 3 aromatic rings. The number of benzene rings is 2. The van der Waals surface area contributed by atoms with E-state index in [9.17, 15) is 18.0 Å². The fourth-order valence-electron chi connectivity index (χ4n) is 2.54. The lowest BCUT2D eigenvalue weighted by Gasteiger charge is -2.12. The van der Waals surface area contributed by atoms with E-state index >= 15 is 0 Å². The molecule has 28 heavy (non-hydrogen) atoms. The molecule has 0 spiro atoms. The van der Waals surface area contributed by atoms with Gasteiger partial charge < -0.3 is 15.4 Å². The van der Waals surface area contributed by atoms with Crippen LogP contribution in [0.1, 0.15) is 11.1 Å². The van der Waals surface area contributed by atoms with Crippen molar-refractivity contribution in [3.05, 3.63) is 78.1 Å². The zero-order valence-corrected chi connectivity index (χ0v) is 14.6. The van der Waals surface area contributed by atoms with E-state index in [1.54, 1.807) is 10.9 Å². The zero-order valence-electron chi connectivity index (χ0n) is 14.6. The van der Waals surface area contributed by atoms with Gasteiger partial charge in [-0.1, -0.05) is 24.3 Å². The van der Waals surface area contributed by atoms with Crippen molar-refractivity contribution in [2.45, 2.75) is 19.5 Å². The first-order chi connectivity index (χ1) is 13.4. The molecule has 1 heterocycles. The highest BCUT2D eigenvalue weighted by atomic mass is 19.4. The number of halogens is 3. The number of carbonyl (C=O) groups is 1. The molecule has 2 amide bonds. The van der Waals surface area contributed by atoms with Gasteiger partial charge in [0.15, 0.2) is 0 Å². The van der Waals surface area contributed by atoms with Crippen LogP contribution in [0, 0.1) is 0 Å². The van der Waals surface area contributed by atoms with Crippen molar-refractivity contribution >= 4 is 11.7 Å². The molecule has 9 heteroatoms. The van der Waals surface area contributed by atoms with Gasteiger partial charge in [0.25, 0.3) is 0 Å². The Hall–Kier alpha value is -3.49. The van der Waals surface area contributed by atoms with Crippen LogP contribution in [0.5, 0.6) is 5.75 Å². The number of ether oxygens (including phenoxy) is 1. The summed E-state index contributed by atoms with van der Waals surface area (Å²) in [5.74, 6) is -0.356. The van der Waals surface area contributed by atoms with Crippen molar-refractivity contribution in [3.8, 4) is 5.75 Å². The SMILES string of the molecule is O=C(NCc1ccccc1Cn1cccn1)Nc1ccc(OC(F)(F)F)cc1. The number of aromatic nitrogens is 2. The molecule has 3 rings (SSSR count). The molecule has 6 nitrogen and oxygen atoms in total. The maximum absolute atomic E-state index is 12.2. The van der Waals surface area contributed by atoms with Gasteiger partial charge in [0.05, 0.1) is 6.54 Å². The van der Waals surface area contributed by atoms with Crippen LogP contribution in [-0.4, -0.2) is 22.2 Å². The van der Waals surface area contributed by atoms with Crippen molar-refractivity contribution in [1.82, 2.24) is 15.1 Å². The molecule has 0 unspecified atom stereocenters. The summed E-state index contributed by atoms with van der Waals surface area (Å²) in [6.07, 6.45) is -1.21. The molecule has 0 saturated heterocycles. The van der Waals surface area contributed by atoms with Crippen LogP contribution in [-0.2, 0) is 13.1 Å². The molecule has 0 radical (unpaired) electrons. The maximum Gasteiger partial charge on any atom is 0.573 e. The van der Waals surface area contributed by atoms with Gasteiger partial charge in [-0.3, -0.25) is 4.68 Å². The molecule has 0 bridgehead atoms. The van der Waals surface area contributed by atoms with Crippen molar-refractivity contribution in [2.24, 2.45) is 0 Å². The molecular weight excluding hydrogens is 373 g/mol. The van der Waals surface area contributed by atoms with E-state index in [2.05, 4.69) is 20.5 Å². The Labute approximate surface area is 158 Å². The average Bonchev–Trinajstić information content (AvgIpc) is 3.14. The number of nitrogens with zero attached hydrogens (tertiary/aromatic N) is 2. The zero-order chi connectivity index (χ0) is 20.0. The topological polar surface area (TPSA) is 68.2 Å². The van der Waals surface area contributed by atoms with Crippen molar-refractivity contribution < 1.29 is 22.7 Å². The lowest BCUT2D eigenvalue weighted by molar-refractivity contribution is -0.274. The number of rotatable bonds is 6. The summed E-state index contributed by atoms with van der Waals surface area (Å²) in [7, 11) is 0. The second-order valence-electron chi connectivity index (χ2n) is 5.85. The standard InChI is InChI=1S/C19H17F3N4O2/c20-19(21,22)28-17-8-6-16(7-9-17)25-18(27)23-12-14-4-1-2-5-15(14)13-26-11-3-10-24-26/h1-11H,12-13H2,(H2,23,25,27). The third-order valence-corrected chi connectivity index (χ3v) is 3.80. The van der Waals surface area contributed by atoms with Crippen LogP contribution < -0.4 is 15.4 Å². The number of nitrogens with one attached hydrogen (secondary N) is 2. The van der Waals surface area contributed by atoms with Crippen LogP contribution in [0.15, 0.2) is 67.0 Å². The van der Waals surface area contributed by atoms with Crippen LogP contribution in [0.4, 0.5) is 23.7 Å². The minimum Gasteiger partial charge on any atom is -0.406 e. The Balaban J connectivity index is 1.55. The minimum atomic E-state index is -4.75. The molecular formula is C19H17F3N4O2. The third-order valence-electron chi connectivity index (χ3n) is 3.80. The number of alkyl halides is 3. The van der Waals surface area contributed by atoms with Gasteiger partial charge in [0, 0.05) is 24.6 Å². The van der Waals surface area contributed by atoms with Crippen LogP contribution in [0.3, 0.4) is 0 Å². The average molecular weight is 390 g/mol. The van der Waals surface area contributed by atoms with Gasteiger partial charge in [-0.15, -0.1) is 13.2 Å². The van der Waals surface area contributed by atoms with E-state index in [0.717, 1.165) is 23.3 Å². The third kappa shape index (κ3) is 5.76. The second kappa shape index (κ2) is 8.47. The molecule has 0 atom stereocenters. The van der Waals surface area contributed by atoms with E-state index in [1.807, 2.05) is 36.5 Å². The lowest BCUT2D eigenvalue weighted by Crippen LogP contribution is -2.28. The molecule has 2 N–H and O–H groups in total. The van der Waals surface area contributed by atoms with Gasteiger partial charge >= 0.3 is 12.4 Å². The van der Waals surface area contributed by atoms with Crippen LogP contribution >= 0.6 is 0 Å². The summed E-state index contributed by atoms with van der Waals surface area (Å²) in [5.41, 5.74) is 2.29. The first-order valence-electron chi connectivity index (χ1n) is 8.34. The first kappa shape index (κ1) is 19.3. The Kier molecular flexibility index (Phi) is 5.83. The summed E-state index contributed by atoms with van der Waals surface area (Å²) in [5, 5.41) is 9.46. The molecule has 146 valence electrons. The second-order valence-corrected chi connectivity index (χ2v) is 5.85. The fraction of sp³-hybridized carbons (Fsp3) is 0.158. The predicted molar refractivity (Wildman–Crippen MR) is 96.8 cm³/mol. The van der Waals surface area contributed by atoms with Gasteiger partial charge in [-0.25, -0.2) is 4.79 Å². The van der Waals surface area contributed by atoms with Crippen molar-refractivity contribution in [3.63, 3.8) is 0 Å². The van der Waals surface area contributed by atoms with Gasteiger partial charge in [0.2, 0.25) is 0 Å². The van der Waals surface area contributed by atoms with Crippen LogP contribution in [0.25, 0.3) is 0 Å². The highest BCUT2D eigenvalue weighted by molar-refractivity contribution is 5.89. The highest BCUT2D eigenvalue weighted by Crippen LogP contribution is 2.23. The minimum absolute atomic E-state index is 0.290. The van der Waals surface area contributed by atoms with E-state index in [1.165, 1.54) is 12.1 Å². The van der Waals surface area contributed by atoms with Crippen LogP contribution in [0.2, 0.25) is 0 Å². The number of amides is 2. The van der Waals surface area contributed by atoms with Gasteiger partial charge in [0.1, 0.15) is 5.75 Å². The molecule has 0 fully saturated rings. The van der Waals surface area contributed by atoms with E-state index in [0.29, 0.717) is 18.8 Å². The number of anilines is 1. The van der Waals surface area contributed by atoms with Crippen molar-refractivity contribution in [1.29, 1.82) is 0 Å². The molecule has 1 aromatic heterocycles. The summed E-state index contributed by atoms with van der Waals surface area (Å²) in [6.45, 7) is 0.867. The molecule has 0 aliphatic carbocycles.